The van der Waals surface area contributed by atoms with Crippen LogP contribution >= 0.6 is 11.6 Å². The van der Waals surface area contributed by atoms with Crippen LogP contribution < -0.4 is 4.74 Å². The van der Waals surface area contributed by atoms with Crippen LogP contribution in [0.4, 0.5) is 0 Å². The SMILES string of the molecule is COc1cc(/C=C/c2ccccc2C(=O)O)cc(Cl)c1O. The van der Waals surface area contributed by atoms with Crippen molar-refractivity contribution in [2.75, 3.05) is 7.11 Å². The van der Waals surface area contributed by atoms with E-state index < -0.39 is 5.97 Å². The van der Waals surface area contributed by atoms with Crippen molar-refractivity contribution in [3.63, 3.8) is 0 Å². The van der Waals surface area contributed by atoms with Gasteiger partial charge >= 0.3 is 5.97 Å². The maximum Gasteiger partial charge on any atom is 0.336 e. The molecule has 2 aromatic rings. The van der Waals surface area contributed by atoms with E-state index >= 15 is 0 Å². The largest absolute Gasteiger partial charge is 0.503 e. The lowest BCUT2D eigenvalue weighted by Crippen LogP contribution is -1.98. The van der Waals surface area contributed by atoms with Crippen LogP contribution in [0.15, 0.2) is 36.4 Å². The lowest BCUT2D eigenvalue weighted by Gasteiger charge is -2.06. The highest BCUT2D eigenvalue weighted by molar-refractivity contribution is 6.32. The number of carboxylic acid groups (broad SMARTS) is 1. The molecule has 2 rings (SSSR count). The third-order valence-corrected chi connectivity index (χ3v) is 3.21. The monoisotopic (exact) mass is 304 g/mol. The van der Waals surface area contributed by atoms with Crippen LogP contribution in [0.3, 0.4) is 0 Å². The summed E-state index contributed by atoms with van der Waals surface area (Å²) in [7, 11) is 1.43. The molecule has 0 aliphatic carbocycles. The van der Waals surface area contributed by atoms with E-state index in [1.807, 2.05) is 0 Å². The van der Waals surface area contributed by atoms with Crippen LogP contribution in [0.5, 0.6) is 11.5 Å². The molecule has 0 aromatic heterocycles. The Bertz CT molecular complexity index is 707. The number of rotatable bonds is 4. The molecule has 0 saturated carbocycles. The zero-order chi connectivity index (χ0) is 15.4. The molecule has 0 heterocycles. The van der Waals surface area contributed by atoms with Gasteiger partial charge in [0.25, 0.3) is 0 Å². The first kappa shape index (κ1) is 14.9. The van der Waals surface area contributed by atoms with Gasteiger partial charge in [-0.1, -0.05) is 42.0 Å². The molecule has 0 unspecified atom stereocenters. The molecule has 0 aliphatic heterocycles. The summed E-state index contributed by atoms with van der Waals surface area (Å²) in [4.78, 5) is 11.1. The quantitative estimate of drug-likeness (QED) is 0.840. The number of halogens is 1. The van der Waals surface area contributed by atoms with Gasteiger partial charge in [0.2, 0.25) is 0 Å². The number of carbonyl (C=O) groups is 1. The van der Waals surface area contributed by atoms with Gasteiger partial charge in [-0.15, -0.1) is 0 Å². The number of phenolic OH excluding ortho intramolecular Hbond substituents is 1. The first-order chi connectivity index (χ1) is 10.0. The minimum Gasteiger partial charge on any atom is -0.503 e. The van der Waals surface area contributed by atoms with Crippen molar-refractivity contribution in [3.8, 4) is 11.5 Å². The van der Waals surface area contributed by atoms with E-state index in [0.29, 0.717) is 11.1 Å². The Morgan fingerprint density at radius 1 is 1.24 bits per heavy atom. The van der Waals surface area contributed by atoms with Crippen molar-refractivity contribution < 1.29 is 19.7 Å². The van der Waals surface area contributed by atoms with E-state index in [2.05, 4.69) is 0 Å². The number of aromatic hydroxyl groups is 1. The summed E-state index contributed by atoms with van der Waals surface area (Å²) in [6, 6.07) is 9.85. The van der Waals surface area contributed by atoms with Gasteiger partial charge in [-0.25, -0.2) is 4.79 Å². The Labute approximate surface area is 126 Å². The molecule has 5 heteroatoms. The predicted octanol–water partition coefficient (Wildman–Crippen LogP) is 3.92. The first-order valence-corrected chi connectivity index (χ1v) is 6.47. The van der Waals surface area contributed by atoms with E-state index in [0.717, 1.165) is 0 Å². The zero-order valence-electron chi connectivity index (χ0n) is 11.2. The van der Waals surface area contributed by atoms with E-state index in [1.165, 1.54) is 13.2 Å². The molecule has 0 fully saturated rings. The summed E-state index contributed by atoms with van der Waals surface area (Å²) >= 11 is 5.90. The summed E-state index contributed by atoms with van der Waals surface area (Å²) in [6.07, 6.45) is 3.38. The Hall–Kier alpha value is -2.46. The van der Waals surface area contributed by atoms with E-state index in [9.17, 15) is 9.90 Å². The second kappa shape index (κ2) is 6.33. The summed E-state index contributed by atoms with van der Waals surface area (Å²) in [5.74, 6) is -0.854. The summed E-state index contributed by atoms with van der Waals surface area (Å²) in [5, 5.41) is 19.0. The van der Waals surface area contributed by atoms with Gasteiger partial charge < -0.3 is 14.9 Å². The summed E-state index contributed by atoms with van der Waals surface area (Å²) in [6.45, 7) is 0. The molecule has 0 saturated heterocycles. The minimum atomic E-state index is -0.989. The zero-order valence-corrected chi connectivity index (χ0v) is 12.0. The highest BCUT2D eigenvalue weighted by atomic mass is 35.5. The van der Waals surface area contributed by atoms with E-state index in [-0.39, 0.29) is 22.1 Å². The molecule has 21 heavy (non-hydrogen) atoms. The Morgan fingerprint density at radius 3 is 2.62 bits per heavy atom. The van der Waals surface area contributed by atoms with Crippen molar-refractivity contribution in [1.29, 1.82) is 0 Å². The average molecular weight is 305 g/mol. The molecule has 4 nitrogen and oxygen atoms in total. The van der Waals surface area contributed by atoms with Crippen LogP contribution in [0.2, 0.25) is 5.02 Å². The molecule has 0 spiro atoms. The molecule has 108 valence electrons. The van der Waals surface area contributed by atoms with Crippen LogP contribution in [0.1, 0.15) is 21.5 Å². The number of phenols is 1. The summed E-state index contributed by atoms with van der Waals surface area (Å²) < 4.78 is 5.02. The van der Waals surface area contributed by atoms with Crippen LogP contribution in [-0.2, 0) is 0 Å². The van der Waals surface area contributed by atoms with Crippen LogP contribution in [-0.4, -0.2) is 23.3 Å². The number of aromatic carboxylic acids is 1. The third kappa shape index (κ3) is 3.35. The van der Waals surface area contributed by atoms with Gasteiger partial charge in [0.15, 0.2) is 11.5 Å². The van der Waals surface area contributed by atoms with E-state index in [1.54, 1.807) is 42.5 Å². The topological polar surface area (TPSA) is 66.8 Å². The number of hydrogen-bond acceptors (Lipinski definition) is 3. The van der Waals surface area contributed by atoms with Gasteiger partial charge in [-0.2, -0.15) is 0 Å². The van der Waals surface area contributed by atoms with Gasteiger partial charge in [-0.3, -0.25) is 0 Å². The molecular weight excluding hydrogens is 292 g/mol. The first-order valence-electron chi connectivity index (χ1n) is 6.10. The second-order valence-electron chi connectivity index (χ2n) is 4.28. The lowest BCUT2D eigenvalue weighted by atomic mass is 10.1. The molecule has 0 atom stereocenters. The van der Waals surface area contributed by atoms with Gasteiger partial charge in [0.1, 0.15) is 0 Å². The predicted molar refractivity (Wildman–Crippen MR) is 82.0 cm³/mol. The number of benzene rings is 2. The van der Waals surface area contributed by atoms with Crippen LogP contribution in [0, 0.1) is 0 Å². The average Bonchev–Trinajstić information content (AvgIpc) is 2.48. The highest BCUT2D eigenvalue weighted by Gasteiger charge is 2.09. The van der Waals surface area contributed by atoms with Crippen molar-refractivity contribution in [1.82, 2.24) is 0 Å². The second-order valence-corrected chi connectivity index (χ2v) is 4.69. The Morgan fingerprint density at radius 2 is 1.95 bits per heavy atom. The molecule has 0 radical (unpaired) electrons. The standard InChI is InChI=1S/C16H13ClO4/c1-21-14-9-10(8-13(17)15(14)18)6-7-11-4-2-3-5-12(11)16(19)20/h2-9,18H,1H3,(H,19,20)/b7-6+. The molecule has 2 N–H and O–H groups in total. The highest BCUT2D eigenvalue weighted by Crippen LogP contribution is 2.35. The van der Waals surface area contributed by atoms with E-state index in [4.69, 9.17) is 21.4 Å². The van der Waals surface area contributed by atoms with Gasteiger partial charge in [0.05, 0.1) is 17.7 Å². The van der Waals surface area contributed by atoms with Crippen molar-refractivity contribution in [2.24, 2.45) is 0 Å². The number of carboxylic acids is 1. The molecule has 2 aromatic carbocycles. The Kier molecular flexibility index (Phi) is 4.50. The maximum atomic E-state index is 11.1. The number of methoxy groups -OCH3 is 1. The van der Waals surface area contributed by atoms with Gasteiger partial charge in [0, 0.05) is 0 Å². The Balaban J connectivity index is 2.38. The molecule has 0 bridgehead atoms. The lowest BCUT2D eigenvalue weighted by molar-refractivity contribution is 0.0696. The molecule has 0 amide bonds. The van der Waals surface area contributed by atoms with Crippen LogP contribution in [0.25, 0.3) is 12.2 Å². The third-order valence-electron chi connectivity index (χ3n) is 2.92. The minimum absolute atomic E-state index is 0.123. The fourth-order valence-electron chi connectivity index (χ4n) is 1.87. The van der Waals surface area contributed by atoms with Gasteiger partial charge in [-0.05, 0) is 29.3 Å². The molecule has 0 aliphatic rings. The van der Waals surface area contributed by atoms with Crippen molar-refractivity contribution in [2.45, 2.75) is 0 Å². The fourth-order valence-corrected chi connectivity index (χ4v) is 2.09. The van der Waals surface area contributed by atoms with Crippen molar-refractivity contribution in [3.05, 3.63) is 58.1 Å². The normalized spacial score (nSPS) is 10.8. The summed E-state index contributed by atoms with van der Waals surface area (Å²) in [5.41, 5.74) is 1.48. The smallest absolute Gasteiger partial charge is 0.336 e. The number of hydrogen-bond donors (Lipinski definition) is 2. The molecular formula is C16H13ClO4. The number of ether oxygens (including phenoxy) is 1. The maximum absolute atomic E-state index is 11.1. The van der Waals surface area contributed by atoms with Crippen molar-refractivity contribution >= 4 is 29.7 Å². The fraction of sp³-hybridized carbons (Fsp3) is 0.0625.